The normalized spacial score (nSPS) is 22.2. The summed E-state index contributed by atoms with van der Waals surface area (Å²) in [7, 11) is 1.76. The summed E-state index contributed by atoms with van der Waals surface area (Å²) in [4.78, 5) is 13.6. The molecule has 110 valence electrons. The van der Waals surface area contributed by atoms with Crippen LogP contribution in [0, 0.1) is 0 Å². The molecule has 2 N–H and O–H groups in total. The van der Waals surface area contributed by atoms with Crippen molar-refractivity contribution >= 4 is 22.0 Å². The molecule has 0 unspecified atom stereocenters. The number of hydrogen-bond donors (Lipinski definition) is 2. The van der Waals surface area contributed by atoms with E-state index in [1.54, 1.807) is 18.9 Å². The van der Waals surface area contributed by atoms with Gasteiger partial charge in [-0.3, -0.25) is 0 Å². The van der Waals surface area contributed by atoms with Gasteiger partial charge in [-0.05, 0) is 37.5 Å². The summed E-state index contributed by atoms with van der Waals surface area (Å²) in [6.45, 7) is 2.30. The van der Waals surface area contributed by atoms with Gasteiger partial charge in [-0.25, -0.2) is 4.79 Å². The van der Waals surface area contributed by atoms with Crippen LogP contribution in [-0.4, -0.2) is 41.8 Å². The second-order valence-electron chi connectivity index (χ2n) is 5.51. The van der Waals surface area contributed by atoms with Gasteiger partial charge in [0.25, 0.3) is 0 Å². The van der Waals surface area contributed by atoms with E-state index in [0.717, 1.165) is 10.9 Å². The van der Waals surface area contributed by atoms with Crippen molar-refractivity contribution in [3.63, 3.8) is 0 Å². The molecule has 1 fully saturated rings. The van der Waals surface area contributed by atoms with Crippen LogP contribution in [0.5, 0.6) is 0 Å². The van der Waals surface area contributed by atoms with Crippen LogP contribution in [0.3, 0.4) is 0 Å². The predicted molar refractivity (Wildman–Crippen MR) is 82.7 cm³/mol. The lowest BCUT2D eigenvalue weighted by Crippen LogP contribution is -2.40. The Balaban J connectivity index is 1.78. The quantitative estimate of drug-likeness (QED) is 0.865. The number of carbonyl (C=O) groups is 1. The maximum absolute atomic E-state index is 12.0. The van der Waals surface area contributed by atoms with Gasteiger partial charge in [0, 0.05) is 30.0 Å². The van der Waals surface area contributed by atoms with Gasteiger partial charge in [0.2, 0.25) is 0 Å². The van der Waals surface area contributed by atoms with Crippen molar-refractivity contribution in [3.05, 3.63) is 34.3 Å². The molecule has 0 radical (unpaired) electrons. The highest BCUT2D eigenvalue weighted by atomic mass is 79.9. The van der Waals surface area contributed by atoms with E-state index in [1.807, 2.05) is 12.1 Å². The zero-order valence-electron chi connectivity index (χ0n) is 11.8. The lowest BCUT2D eigenvalue weighted by atomic mass is 10.1. The summed E-state index contributed by atoms with van der Waals surface area (Å²) in [6, 6.07) is 8.42. The molecule has 0 bridgehead atoms. The van der Waals surface area contributed by atoms with E-state index in [0.29, 0.717) is 18.9 Å². The minimum Gasteiger partial charge on any atom is -0.393 e. The molecule has 2 rings (SSSR count). The van der Waals surface area contributed by atoms with E-state index >= 15 is 0 Å². The SMILES string of the molecule is C[C@H](O)CCN(C)C(=O)N[C@@H]1C[C@H]1c1ccc(Br)cc1. The predicted octanol–water partition coefficient (Wildman–Crippen LogP) is 2.72. The van der Waals surface area contributed by atoms with Crippen LogP contribution in [0.2, 0.25) is 0 Å². The maximum atomic E-state index is 12.0. The summed E-state index contributed by atoms with van der Waals surface area (Å²) in [5.74, 6) is 0.428. The highest BCUT2D eigenvalue weighted by molar-refractivity contribution is 9.10. The number of hydrogen-bond acceptors (Lipinski definition) is 2. The summed E-state index contributed by atoms with van der Waals surface area (Å²) >= 11 is 3.42. The molecule has 1 aliphatic carbocycles. The fraction of sp³-hybridized carbons (Fsp3) is 0.533. The van der Waals surface area contributed by atoms with Crippen LogP contribution >= 0.6 is 15.9 Å². The Hall–Kier alpha value is -1.07. The first-order valence-corrected chi connectivity index (χ1v) is 7.72. The number of benzene rings is 1. The molecule has 4 nitrogen and oxygen atoms in total. The van der Waals surface area contributed by atoms with Crippen LogP contribution in [0.25, 0.3) is 0 Å². The van der Waals surface area contributed by atoms with Crippen LogP contribution in [0.1, 0.15) is 31.2 Å². The fourth-order valence-corrected chi connectivity index (χ4v) is 2.45. The van der Waals surface area contributed by atoms with Crippen molar-refractivity contribution in [2.75, 3.05) is 13.6 Å². The van der Waals surface area contributed by atoms with Crippen molar-refractivity contribution < 1.29 is 9.90 Å². The molecule has 20 heavy (non-hydrogen) atoms. The van der Waals surface area contributed by atoms with Crippen molar-refractivity contribution in [2.24, 2.45) is 0 Å². The average molecular weight is 341 g/mol. The van der Waals surface area contributed by atoms with Crippen molar-refractivity contribution in [1.29, 1.82) is 0 Å². The smallest absolute Gasteiger partial charge is 0.317 e. The van der Waals surface area contributed by atoms with E-state index in [9.17, 15) is 9.90 Å². The zero-order chi connectivity index (χ0) is 14.7. The first-order chi connectivity index (χ1) is 9.47. The van der Waals surface area contributed by atoms with E-state index in [2.05, 4.69) is 33.4 Å². The van der Waals surface area contributed by atoms with Crippen LogP contribution in [0.15, 0.2) is 28.7 Å². The molecule has 1 aliphatic rings. The van der Waals surface area contributed by atoms with E-state index in [4.69, 9.17) is 0 Å². The Bertz CT molecular complexity index is 461. The first kappa shape index (κ1) is 15.3. The molecule has 0 heterocycles. The monoisotopic (exact) mass is 340 g/mol. The van der Waals surface area contributed by atoms with Crippen LogP contribution in [0.4, 0.5) is 4.79 Å². The molecule has 5 heteroatoms. The van der Waals surface area contributed by atoms with Crippen LogP contribution in [-0.2, 0) is 0 Å². The number of nitrogens with one attached hydrogen (secondary N) is 1. The standard InChI is InChI=1S/C15H21BrN2O2/c1-10(19)7-8-18(2)15(20)17-14-9-13(14)11-3-5-12(16)6-4-11/h3-6,10,13-14,19H,7-9H2,1-2H3,(H,17,20)/t10-,13-,14+/m0/s1. The first-order valence-electron chi connectivity index (χ1n) is 6.92. The Morgan fingerprint density at radius 2 is 2.15 bits per heavy atom. The minimum absolute atomic E-state index is 0.0599. The molecule has 0 saturated heterocycles. The molecular weight excluding hydrogens is 320 g/mol. The van der Waals surface area contributed by atoms with Gasteiger partial charge in [0.1, 0.15) is 0 Å². The number of carbonyl (C=O) groups excluding carboxylic acids is 1. The minimum atomic E-state index is -0.373. The Labute approximate surface area is 128 Å². The summed E-state index contributed by atoms with van der Waals surface area (Å²) in [6.07, 6.45) is 1.23. The van der Waals surface area contributed by atoms with Crippen molar-refractivity contribution in [2.45, 2.75) is 37.8 Å². The molecular formula is C15H21BrN2O2. The van der Waals surface area contributed by atoms with Gasteiger partial charge in [-0.15, -0.1) is 0 Å². The Kier molecular flexibility index (Phi) is 5.05. The molecule has 0 aliphatic heterocycles. The third-order valence-corrected chi connectivity index (χ3v) is 4.16. The second kappa shape index (κ2) is 6.59. The van der Waals surface area contributed by atoms with Gasteiger partial charge in [-0.2, -0.15) is 0 Å². The number of nitrogens with zero attached hydrogens (tertiary/aromatic N) is 1. The largest absolute Gasteiger partial charge is 0.393 e. The Morgan fingerprint density at radius 3 is 2.75 bits per heavy atom. The topological polar surface area (TPSA) is 52.6 Å². The third kappa shape index (κ3) is 4.21. The average Bonchev–Trinajstić information content (AvgIpc) is 3.15. The van der Waals surface area contributed by atoms with Gasteiger partial charge >= 0.3 is 6.03 Å². The highest BCUT2D eigenvalue weighted by Crippen LogP contribution is 2.41. The van der Waals surface area contributed by atoms with Crippen LogP contribution < -0.4 is 5.32 Å². The summed E-state index contributed by atoms with van der Waals surface area (Å²) in [5, 5.41) is 12.3. The van der Waals surface area contributed by atoms with E-state index in [1.165, 1.54) is 5.56 Å². The zero-order valence-corrected chi connectivity index (χ0v) is 13.4. The Morgan fingerprint density at radius 1 is 1.50 bits per heavy atom. The summed E-state index contributed by atoms with van der Waals surface area (Å²) in [5.41, 5.74) is 1.27. The van der Waals surface area contributed by atoms with E-state index < -0.39 is 0 Å². The number of amides is 2. The molecule has 2 amide bonds. The van der Waals surface area contributed by atoms with Gasteiger partial charge in [0.15, 0.2) is 0 Å². The number of urea groups is 1. The maximum Gasteiger partial charge on any atom is 0.317 e. The van der Waals surface area contributed by atoms with Gasteiger partial charge in [0.05, 0.1) is 6.10 Å². The molecule has 1 saturated carbocycles. The van der Waals surface area contributed by atoms with Gasteiger partial charge in [-0.1, -0.05) is 28.1 Å². The van der Waals surface area contributed by atoms with Gasteiger partial charge < -0.3 is 15.3 Å². The molecule has 0 aromatic heterocycles. The molecule has 1 aromatic rings. The molecule has 0 spiro atoms. The number of aliphatic hydroxyl groups excluding tert-OH is 1. The fourth-order valence-electron chi connectivity index (χ4n) is 2.18. The second-order valence-corrected chi connectivity index (χ2v) is 6.42. The number of aliphatic hydroxyl groups is 1. The van der Waals surface area contributed by atoms with E-state index in [-0.39, 0.29) is 18.2 Å². The lowest BCUT2D eigenvalue weighted by molar-refractivity contribution is 0.163. The summed E-state index contributed by atoms with van der Waals surface area (Å²) < 4.78 is 1.07. The number of halogens is 1. The van der Waals surface area contributed by atoms with Crippen molar-refractivity contribution in [1.82, 2.24) is 10.2 Å². The third-order valence-electron chi connectivity index (χ3n) is 3.63. The molecule has 3 atom stereocenters. The van der Waals surface area contributed by atoms with Crippen molar-refractivity contribution in [3.8, 4) is 0 Å². The lowest BCUT2D eigenvalue weighted by Gasteiger charge is -2.18. The molecule has 1 aromatic carbocycles. The highest BCUT2D eigenvalue weighted by Gasteiger charge is 2.39. The number of rotatable bonds is 5.